The molecule has 0 amide bonds. The normalized spacial score (nSPS) is 14.3. The van der Waals surface area contributed by atoms with Crippen molar-refractivity contribution >= 4 is 22.7 Å². The van der Waals surface area contributed by atoms with Gasteiger partial charge in [-0.25, -0.2) is 9.78 Å². The molecule has 5 heteroatoms. The van der Waals surface area contributed by atoms with Gasteiger partial charge in [-0.3, -0.25) is 0 Å². The number of carbonyl (C=O) groups is 1. The number of hydrogen-bond acceptors (Lipinski definition) is 4. The zero-order valence-electron chi connectivity index (χ0n) is 14.7. The number of fused-ring (bicyclic) bond motifs is 1. The maximum absolute atomic E-state index is 12.1. The molecule has 0 unspecified atom stereocenters. The van der Waals surface area contributed by atoms with E-state index in [1.54, 1.807) is 12.1 Å². The minimum atomic E-state index is -0.271. The lowest BCUT2D eigenvalue weighted by Crippen LogP contribution is -2.29. The lowest BCUT2D eigenvalue weighted by atomic mass is 10.1. The fraction of sp³-hybridized carbons (Fsp3) is 0.238. The fourth-order valence-electron chi connectivity index (χ4n) is 3.33. The van der Waals surface area contributed by atoms with Gasteiger partial charge in [0.25, 0.3) is 0 Å². The van der Waals surface area contributed by atoms with Crippen molar-refractivity contribution in [3.63, 3.8) is 0 Å². The summed E-state index contributed by atoms with van der Waals surface area (Å²) in [4.78, 5) is 22.0. The first kappa shape index (κ1) is 16.4. The van der Waals surface area contributed by atoms with Crippen LogP contribution in [-0.4, -0.2) is 35.6 Å². The Balaban J connectivity index is 1.41. The predicted molar refractivity (Wildman–Crippen MR) is 102 cm³/mol. The van der Waals surface area contributed by atoms with Gasteiger partial charge in [0.1, 0.15) is 12.3 Å². The van der Waals surface area contributed by atoms with Gasteiger partial charge in [-0.1, -0.05) is 24.3 Å². The molecule has 26 heavy (non-hydrogen) atoms. The van der Waals surface area contributed by atoms with Crippen LogP contribution >= 0.6 is 0 Å². The third kappa shape index (κ3) is 3.20. The lowest BCUT2D eigenvalue weighted by molar-refractivity contribution is 0.0537. The number of nitrogens with zero attached hydrogens (tertiary/aromatic N) is 2. The van der Waals surface area contributed by atoms with Crippen LogP contribution in [0.4, 0.5) is 5.69 Å². The first-order valence-corrected chi connectivity index (χ1v) is 8.80. The summed E-state index contributed by atoms with van der Waals surface area (Å²) in [6.07, 6.45) is 6.90. The molecule has 1 aliphatic rings. The van der Waals surface area contributed by atoms with E-state index >= 15 is 0 Å². The van der Waals surface area contributed by atoms with Crippen molar-refractivity contribution < 1.29 is 9.53 Å². The van der Waals surface area contributed by atoms with Gasteiger partial charge in [0.05, 0.1) is 11.3 Å². The van der Waals surface area contributed by atoms with Gasteiger partial charge in [-0.05, 0) is 42.7 Å². The second kappa shape index (κ2) is 7.04. The Morgan fingerprint density at radius 3 is 2.88 bits per heavy atom. The Morgan fingerprint density at radius 2 is 2.12 bits per heavy atom. The van der Waals surface area contributed by atoms with E-state index in [9.17, 15) is 4.79 Å². The Labute approximate surface area is 152 Å². The molecule has 132 valence electrons. The number of aromatic amines is 1. The Morgan fingerprint density at radius 1 is 1.27 bits per heavy atom. The van der Waals surface area contributed by atoms with Crippen molar-refractivity contribution in [1.29, 1.82) is 0 Å². The van der Waals surface area contributed by atoms with Gasteiger partial charge >= 0.3 is 5.97 Å². The molecule has 3 heterocycles. The number of aryl methyl sites for hydroxylation is 1. The highest BCUT2D eigenvalue weighted by atomic mass is 16.5. The molecule has 0 spiro atoms. The number of rotatable bonds is 4. The maximum Gasteiger partial charge on any atom is 0.338 e. The van der Waals surface area contributed by atoms with E-state index in [2.05, 4.69) is 27.9 Å². The number of hydrogen-bond donors (Lipinski definition) is 1. The third-order valence-corrected chi connectivity index (χ3v) is 4.80. The molecule has 0 saturated heterocycles. The number of carbonyl (C=O) groups excluding carboxylic acids is 1. The molecule has 1 aliphatic heterocycles. The molecule has 4 rings (SSSR count). The van der Waals surface area contributed by atoms with Crippen LogP contribution in [0.2, 0.25) is 0 Å². The smallest absolute Gasteiger partial charge is 0.338 e. The van der Waals surface area contributed by atoms with Gasteiger partial charge < -0.3 is 14.6 Å². The average molecular weight is 347 g/mol. The van der Waals surface area contributed by atoms with Crippen LogP contribution in [-0.2, 0) is 4.74 Å². The van der Waals surface area contributed by atoms with Crippen molar-refractivity contribution in [2.24, 2.45) is 0 Å². The number of nitrogens with one attached hydrogen (secondary N) is 1. The van der Waals surface area contributed by atoms with Gasteiger partial charge in [-0.2, -0.15) is 0 Å². The summed E-state index contributed by atoms with van der Waals surface area (Å²) in [6, 6.07) is 11.1. The van der Waals surface area contributed by atoms with Crippen LogP contribution in [0.5, 0.6) is 0 Å². The molecule has 1 aromatic carbocycles. The first-order chi connectivity index (χ1) is 12.7. The summed E-state index contributed by atoms with van der Waals surface area (Å²) in [6.45, 7) is 4.17. The summed E-state index contributed by atoms with van der Waals surface area (Å²) in [5.74, 6) is -0.271. The summed E-state index contributed by atoms with van der Waals surface area (Å²) in [5, 5.41) is 1.18. The molecule has 1 N–H and O–H groups in total. The topological polar surface area (TPSA) is 58.2 Å². The monoisotopic (exact) mass is 347 g/mol. The number of ether oxygens (including phenoxy) is 1. The van der Waals surface area contributed by atoms with Crippen LogP contribution in [0.15, 0.2) is 60.4 Å². The van der Waals surface area contributed by atoms with Crippen molar-refractivity contribution in [2.75, 3.05) is 24.6 Å². The SMILES string of the molecule is Cc1ccnc2[nH]cc(N3CC=C(COC(=O)c4ccccc4)CC3)c12. The molecule has 0 bridgehead atoms. The zero-order valence-corrected chi connectivity index (χ0v) is 14.7. The maximum atomic E-state index is 12.1. The lowest BCUT2D eigenvalue weighted by Gasteiger charge is -2.28. The van der Waals surface area contributed by atoms with Crippen molar-refractivity contribution in [3.8, 4) is 0 Å². The van der Waals surface area contributed by atoms with E-state index in [0.717, 1.165) is 25.2 Å². The van der Waals surface area contributed by atoms with E-state index in [1.165, 1.54) is 22.2 Å². The highest BCUT2D eigenvalue weighted by Gasteiger charge is 2.18. The standard InChI is InChI=1S/C21H21N3O2/c1-15-7-10-22-20-19(15)18(13-23-20)24-11-8-16(9-12-24)14-26-21(25)17-5-3-2-4-6-17/h2-8,10,13H,9,11-12,14H2,1H3,(H,22,23). The van der Waals surface area contributed by atoms with Gasteiger partial charge in [0, 0.05) is 30.9 Å². The largest absolute Gasteiger partial charge is 0.458 e. The molecule has 2 aromatic heterocycles. The van der Waals surface area contributed by atoms with Crippen LogP contribution < -0.4 is 4.90 Å². The molecule has 3 aromatic rings. The Hall–Kier alpha value is -3.08. The fourth-order valence-corrected chi connectivity index (χ4v) is 3.33. The summed E-state index contributed by atoms with van der Waals surface area (Å²) in [5.41, 5.74) is 5.08. The van der Waals surface area contributed by atoms with Crippen LogP contribution in [0.25, 0.3) is 11.0 Å². The van der Waals surface area contributed by atoms with E-state index in [0.29, 0.717) is 12.2 Å². The summed E-state index contributed by atoms with van der Waals surface area (Å²) in [7, 11) is 0. The minimum Gasteiger partial charge on any atom is -0.458 e. The van der Waals surface area contributed by atoms with Crippen molar-refractivity contribution in [2.45, 2.75) is 13.3 Å². The van der Waals surface area contributed by atoms with E-state index < -0.39 is 0 Å². The summed E-state index contributed by atoms with van der Waals surface area (Å²) >= 11 is 0. The number of benzene rings is 1. The molecule has 0 aliphatic carbocycles. The zero-order chi connectivity index (χ0) is 17.9. The van der Waals surface area contributed by atoms with E-state index in [-0.39, 0.29) is 5.97 Å². The summed E-state index contributed by atoms with van der Waals surface area (Å²) < 4.78 is 5.44. The molecule has 0 radical (unpaired) electrons. The highest BCUT2D eigenvalue weighted by Crippen LogP contribution is 2.30. The molecular formula is C21H21N3O2. The van der Waals surface area contributed by atoms with Crippen LogP contribution in [0, 0.1) is 6.92 Å². The van der Waals surface area contributed by atoms with E-state index in [4.69, 9.17) is 4.74 Å². The van der Waals surface area contributed by atoms with E-state index in [1.807, 2.05) is 36.7 Å². The highest BCUT2D eigenvalue weighted by molar-refractivity contribution is 5.93. The Bertz CT molecular complexity index is 960. The molecule has 0 saturated carbocycles. The number of H-pyrrole nitrogens is 1. The number of pyridine rings is 1. The van der Waals surface area contributed by atoms with Crippen molar-refractivity contribution in [3.05, 3.63) is 71.6 Å². The molecule has 0 fully saturated rings. The molecular weight excluding hydrogens is 326 g/mol. The number of esters is 1. The predicted octanol–water partition coefficient (Wildman–Crippen LogP) is 3.86. The average Bonchev–Trinajstić information content (AvgIpc) is 3.13. The number of aromatic nitrogens is 2. The van der Waals surface area contributed by atoms with Crippen LogP contribution in [0.3, 0.4) is 0 Å². The van der Waals surface area contributed by atoms with Gasteiger partial charge in [0.15, 0.2) is 0 Å². The van der Waals surface area contributed by atoms with Gasteiger partial charge in [0.2, 0.25) is 0 Å². The third-order valence-electron chi connectivity index (χ3n) is 4.80. The molecule has 5 nitrogen and oxygen atoms in total. The van der Waals surface area contributed by atoms with Gasteiger partial charge in [-0.15, -0.1) is 0 Å². The van der Waals surface area contributed by atoms with Crippen molar-refractivity contribution in [1.82, 2.24) is 9.97 Å². The minimum absolute atomic E-state index is 0.271. The van der Waals surface area contributed by atoms with Crippen LogP contribution in [0.1, 0.15) is 22.3 Å². The second-order valence-electron chi connectivity index (χ2n) is 6.53. The quantitative estimate of drug-likeness (QED) is 0.575. The number of anilines is 1. The molecule has 0 atom stereocenters. The second-order valence-corrected chi connectivity index (χ2v) is 6.53. The first-order valence-electron chi connectivity index (χ1n) is 8.80. The Kier molecular flexibility index (Phi) is 4.44.